The molecule has 5 nitrogen and oxygen atoms in total. The second-order valence-electron chi connectivity index (χ2n) is 8.78. The Labute approximate surface area is 183 Å². The third-order valence-electron chi connectivity index (χ3n) is 5.97. The van der Waals surface area contributed by atoms with Crippen molar-refractivity contribution in [3.05, 3.63) is 54.2 Å². The zero-order valence-corrected chi connectivity index (χ0v) is 18.3. The summed E-state index contributed by atoms with van der Waals surface area (Å²) in [6.45, 7) is 6.03. The Hall–Kier alpha value is -3.10. The zero-order valence-electron chi connectivity index (χ0n) is 18.3. The summed E-state index contributed by atoms with van der Waals surface area (Å²) in [6, 6.07) is 17.0. The predicted octanol–water partition coefficient (Wildman–Crippen LogP) is 5.30. The number of aliphatic hydroxyl groups is 1. The van der Waals surface area contributed by atoms with E-state index in [1.54, 1.807) is 6.20 Å². The van der Waals surface area contributed by atoms with Gasteiger partial charge in [-0.05, 0) is 73.7 Å². The molecular formula is C26H29N3O2. The van der Waals surface area contributed by atoms with Gasteiger partial charge in [0.25, 0.3) is 0 Å². The lowest BCUT2D eigenvalue weighted by molar-refractivity contribution is 0.0714. The highest BCUT2D eigenvalue weighted by molar-refractivity contribution is 5.90. The number of rotatable bonds is 6. The number of anilines is 1. The number of pyridine rings is 1. The summed E-state index contributed by atoms with van der Waals surface area (Å²) in [7, 11) is 0. The number of hydrogen-bond acceptors (Lipinski definition) is 5. The molecule has 0 radical (unpaired) electrons. The molecular weight excluding hydrogens is 386 g/mol. The molecule has 0 aliphatic carbocycles. The van der Waals surface area contributed by atoms with Crippen LogP contribution < -0.4 is 9.64 Å². The average molecular weight is 416 g/mol. The van der Waals surface area contributed by atoms with Crippen LogP contribution in [0, 0.1) is 11.3 Å². The van der Waals surface area contributed by atoms with Crippen molar-refractivity contribution in [3.63, 3.8) is 0 Å². The molecule has 2 aromatic carbocycles. The Balaban J connectivity index is 1.68. The first-order chi connectivity index (χ1) is 15.0. The number of hydrogen-bond donors (Lipinski definition) is 1. The summed E-state index contributed by atoms with van der Waals surface area (Å²) in [4.78, 5) is 6.76. The first-order valence-corrected chi connectivity index (χ1v) is 11.0. The molecule has 31 heavy (non-hydrogen) atoms. The number of aromatic nitrogens is 1. The quantitative estimate of drug-likeness (QED) is 0.591. The molecule has 5 heteroatoms. The van der Waals surface area contributed by atoms with Crippen molar-refractivity contribution in [1.29, 1.82) is 5.26 Å². The summed E-state index contributed by atoms with van der Waals surface area (Å²) in [5.74, 6) is 0.305. The molecule has 1 fully saturated rings. The average Bonchev–Trinajstić information content (AvgIpc) is 2.78. The van der Waals surface area contributed by atoms with E-state index in [4.69, 9.17) is 4.74 Å². The van der Waals surface area contributed by atoms with Gasteiger partial charge in [0, 0.05) is 43.6 Å². The fourth-order valence-corrected chi connectivity index (χ4v) is 4.20. The van der Waals surface area contributed by atoms with E-state index in [9.17, 15) is 10.4 Å². The Morgan fingerprint density at radius 1 is 1.06 bits per heavy atom. The number of piperidine rings is 1. The van der Waals surface area contributed by atoms with Crippen LogP contribution in [0.2, 0.25) is 0 Å². The molecule has 0 atom stereocenters. The fourth-order valence-electron chi connectivity index (χ4n) is 4.20. The van der Waals surface area contributed by atoms with Gasteiger partial charge in [-0.25, -0.2) is 4.98 Å². The molecule has 1 aliphatic rings. The molecule has 2 heterocycles. The number of aliphatic hydroxyl groups excluding tert-OH is 1. The van der Waals surface area contributed by atoms with Crippen molar-refractivity contribution in [3.8, 4) is 23.1 Å². The van der Waals surface area contributed by atoms with Gasteiger partial charge in [-0.3, -0.25) is 0 Å². The minimum atomic E-state index is -0.611. The first-order valence-electron chi connectivity index (χ1n) is 11.0. The highest BCUT2D eigenvalue weighted by atomic mass is 16.5. The molecule has 3 aromatic rings. The predicted molar refractivity (Wildman–Crippen MR) is 124 cm³/mol. The van der Waals surface area contributed by atoms with Crippen LogP contribution in [0.5, 0.6) is 5.88 Å². The number of nitrogens with zero attached hydrogens (tertiary/aromatic N) is 3. The number of fused-ring (bicyclic) bond motifs is 1. The molecule has 4 rings (SSSR count). The molecule has 1 N–H and O–H groups in total. The Morgan fingerprint density at radius 3 is 2.55 bits per heavy atom. The highest BCUT2D eigenvalue weighted by Gasteiger charge is 2.23. The topological polar surface area (TPSA) is 69.4 Å². The normalized spacial score (nSPS) is 14.5. The van der Waals surface area contributed by atoms with Crippen LogP contribution in [0.3, 0.4) is 0 Å². The van der Waals surface area contributed by atoms with Crippen molar-refractivity contribution in [2.24, 2.45) is 0 Å². The molecule has 1 aliphatic heterocycles. The minimum absolute atomic E-state index is 0.0126. The summed E-state index contributed by atoms with van der Waals surface area (Å²) in [5.41, 5.74) is 2.85. The molecule has 0 amide bonds. The summed E-state index contributed by atoms with van der Waals surface area (Å²) >= 11 is 0. The van der Waals surface area contributed by atoms with Crippen molar-refractivity contribution in [1.82, 2.24) is 4.98 Å². The van der Waals surface area contributed by atoms with Gasteiger partial charge in [-0.15, -0.1) is 0 Å². The zero-order chi connectivity index (χ0) is 21.8. The van der Waals surface area contributed by atoms with Gasteiger partial charge in [0.15, 0.2) is 0 Å². The highest BCUT2D eigenvalue weighted by Crippen LogP contribution is 2.33. The molecule has 0 unspecified atom stereocenters. The standard InChI is InChI=1S/C26H29N3O2/c1-26(2,11-15-30)31-25-24(18-27)23(10-12-28-25)21-7-6-20-17-22(9-8-19(20)16-21)29-13-4-3-5-14-29/h6-10,12,16-17,30H,3-5,11,13-15H2,1-2H3. The lowest BCUT2D eigenvalue weighted by Gasteiger charge is -2.29. The maximum absolute atomic E-state index is 9.86. The molecule has 0 bridgehead atoms. The summed E-state index contributed by atoms with van der Waals surface area (Å²) < 4.78 is 6.00. The van der Waals surface area contributed by atoms with Gasteiger partial charge < -0.3 is 14.7 Å². The van der Waals surface area contributed by atoms with E-state index in [0.717, 1.165) is 29.6 Å². The van der Waals surface area contributed by atoms with E-state index in [1.165, 1.54) is 30.3 Å². The summed E-state index contributed by atoms with van der Waals surface area (Å²) in [6.07, 6.45) is 5.97. The van der Waals surface area contributed by atoms with Crippen molar-refractivity contribution in [2.45, 2.75) is 45.1 Å². The SMILES string of the molecule is CC(C)(CCO)Oc1nccc(-c2ccc3cc(N4CCCCC4)ccc3c2)c1C#N. The number of ether oxygens (including phenoxy) is 1. The van der Waals surface area contributed by atoms with Gasteiger partial charge in [0.1, 0.15) is 17.2 Å². The van der Waals surface area contributed by atoms with E-state index >= 15 is 0 Å². The smallest absolute Gasteiger partial charge is 0.232 e. The second kappa shape index (κ2) is 8.95. The minimum Gasteiger partial charge on any atom is -0.471 e. The van der Waals surface area contributed by atoms with Gasteiger partial charge >= 0.3 is 0 Å². The van der Waals surface area contributed by atoms with E-state index < -0.39 is 5.60 Å². The van der Waals surface area contributed by atoms with E-state index in [0.29, 0.717) is 17.9 Å². The molecule has 160 valence electrons. The van der Waals surface area contributed by atoms with Crippen LogP contribution >= 0.6 is 0 Å². The third kappa shape index (κ3) is 4.65. The van der Waals surface area contributed by atoms with Crippen LogP contribution in [-0.2, 0) is 0 Å². The van der Waals surface area contributed by atoms with Gasteiger partial charge in [0.2, 0.25) is 5.88 Å². The van der Waals surface area contributed by atoms with E-state index in [2.05, 4.69) is 52.4 Å². The Morgan fingerprint density at radius 2 is 1.81 bits per heavy atom. The Kier molecular flexibility index (Phi) is 6.11. The van der Waals surface area contributed by atoms with Gasteiger partial charge in [0.05, 0.1) is 0 Å². The van der Waals surface area contributed by atoms with Crippen molar-refractivity contribution in [2.75, 3.05) is 24.6 Å². The first kappa shape index (κ1) is 21.1. The van der Waals surface area contributed by atoms with Gasteiger partial charge in [-0.2, -0.15) is 5.26 Å². The van der Waals surface area contributed by atoms with E-state index in [-0.39, 0.29) is 6.61 Å². The molecule has 0 spiro atoms. The van der Waals surface area contributed by atoms with Crippen molar-refractivity contribution < 1.29 is 9.84 Å². The number of nitriles is 1. The lowest BCUT2D eigenvalue weighted by atomic mass is 9.98. The number of benzene rings is 2. The maximum atomic E-state index is 9.86. The van der Waals surface area contributed by atoms with Gasteiger partial charge in [-0.1, -0.05) is 18.2 Å². The monoisotopic (exact) mass is 415 g/mol. The van der Waals surface area contributed by atoms with Crippen LogP contribution in [0.25, 0.3) is 21.9 Å². The van der Waals surface area contributed by atoms with Crippen LogP contribution in [0.15, 0.2) is 48.7 Å². The maximum Gasteiger partial charge on any atom is 0.232 e. The summed E-state index contributed by atoms with van der Waals surface area (Å²) in [5, 5.41) is 21.5. The Bertz CT molecular complexity index is 1110. The molecule has 0 saturated carbocycles. The fraction of sp³-hybridized carbons (Fsp3) is 0.385. The molecule has 1 saturated heterocycles. The lowest BCUT2D eigenvalue weighted by Crippen LogP contribution is -2.30. The second-order valence-corrected chi connectivity index (χ2v) is 8.78. The third-order valence-corrected chi connectivity index (χ3v) is 5.97. The van der Waals surface area contributed by atoms with Crippen LogP contribution in [-0.4, -0.2) is 35.4 Å². The van der Waals surface area contributed by atoms with E-state index in [1.807, 2.05) is 19.9 Å². The van der Waals surface area contributed by atoms with Crippen LogP contribution in [0.1, 0.15) is 45.1 Å². The largest absolute Gasteiger partial charge is 0.471 e. The molecule has 1 aromatic heterocycles. The van der Waals surface area contributed by atoms with Crippen LogP contribution in [0.4, 0.5) is 5.69 Å². The van der Waals surface area contributed by atoms with Crippen molar-refractivity contribution >= 4 is 16.5 Å².